The second-order valence-corrected chi connectivity index (χ2v) is 6.65. The molecule has 0 saturated carbocycles. The average Bonchev–Trinajstić information content (AvgIpc) is 2.60. The summed E-state index contributed by atoms with van der Waals surface area (Å²) in [5.41, 5.74) is 4.90. The van der Waals surface area contributed by atoms with E-state index in [1.54, 1.807) is 0 Å². The van der Waals surface area contributed by atoms with Crippen molar-refractivity contribution >= 4 is 21.5 Å². The average molecular weight is 312 g/mol. The number of fused-ring (bicyclic) bond motifs is 3. The van der Waals surface area contributed by atoms with E-state index in [1.807, 2.05) is 0 Å². The van der Waals surface area contributed by atoms with E-state index in [4.69, 9.17) is 4.74 Å². The second kappa shape index (κ2) is 4.57. The molecule has 0 bridgehead atoms. The van der Waals surface area contributed by atoms with Crippen molar-refractivity contribution in [2.45, 2.75) is 13.8 Å². The zero-order valence-corrected chi connectivity index (χ0v) is 14.1. The molecule has 4 aromatic rings. The topological polar surface area (TPSA) is 13.1 Å². The second-order valence-electron chi connectivity index (χ2n) is 6.65. The van der Waals surface area contributed by atoms with Gasteiger partial charge in [-0.2, -0.15) is 0 Å². The maximum atomic E-state index is 6.41. The van der Waals surface area contributed by atoms with E-state index in [9.17, 15) is 0 Å². The van der Waals surface area contributed by atoms with Crippen molar-refractivity contribution in [3.63, 3.8) is 0 Å². The van der Waals surface area contributed by atoms with Gasteiger partial charge in [-0.25, -0.2) is 4.57 Å². The van der Waals surface area contributed by atoms with Gasteiger partial charge in [0.2, 0.25) is 5.69 Å². The molecule has 0 fully saturated rings. The van der Waals surface area contributed by atoms with E-state index >= 15 is 0 Å². The lowest BCUT2D eigenvalue weighted by molar-refractivity contribution is -0.659. The van der Waals surface area contributed by atoms with Crippen molar-refractivity contribution < 1.29 is 9.30 Å². The van der Waals surface area contributed by atoms with Crippen LogP contribution in [0.1, 0.15) is 11.1 Å². The van der Waals surface area contributed by atoms with Crippen molar-refractivity contribution in [1.82, 2.24) is 0 Å². The lowest BCUT2D eigenvalue weighted by Gasteiger charge is -2.23. The van der Waals surface area contributed by atoms with E-state index in [-0.39, 0.29) is 0 Å². The highest BCUT2D eigenvalue weighted by atomic mass is 16.5. The summed E-state index contributed by atoms with van der Waals surface area (Å²) in [5.74, 6) is 1.94. The Balaban J connectivity index is 2.03. The largest absolute Gasteiger partial charge is 0.455 e. The van der Waals surface area contributed by atoms with Crippen LogP contribution in [0.2, 0.25) is 0 Å². The van der Waals surface area contributed by atoms with E-state index < -0.39 is 0 Å². The van der Waals surface area contributed by atoms with Gasteiger partial charge in [0.05, 0.1) is 10.9 Å². The predicted octanol–water partition coefficient (Wildman–Crippen LogP) is 5.21. The first-order valence-electron chi connectivity index (χ1n) is 8.27. The summed E-state index contributed by atoms with van der Waals surface area (Å²) in [7, 11) is 2.12. The van der Waals surface area contributed by atoms with E-state index in [0.29, 0.717) is 0 Å². The zero-order valence-electron chi connectivity index (χ0n) is 14.1. The van der Waals surface area contributed by atoms with Crippen LogP contribution < -0.4 is 9.30 Å². The molecule has 116 valence electrons. The molecule has 2 nitrogen and oxygen atoms in total. The number of aromatic nitrogens is 1. The van der Waals surface area contributed by atoms with Gasteiger partial charge in [-0.1, -0.05) is 36.4 Å². The van der Waals surface area contributed by atoms with E-state index in [2.05, 4.69) is 80.2 Å². The minimum Gasteiger partial charge on any atom is -0.455 e. The third kappa shape index (κ3) is 1.63. The van der Waals surface area contributed by atoms with Crippen LogP contribution in [0.4, 0.5) is 0 Å². The number of hydrogen-bond acceptors (Lipinski definition) is 1. The van der Waals surface area contributed by atoms with E-state index in [0.717, 1.165) is 11.5 Å². The highest BCUT2D eigenvalue weighted by Crippen LogP contribution is 2.49. The maximum absolute atomic E-state index is 6.41. The highest BCUT2D eigenvalue weighted by Gasteiger charge is 2.30. The molecule has 0 N–H and O–H groups in total. The van der Waals surface area contributed by atoms with Gasteiger partial charge < -0.3 is 4.74 Å². The lowest BCUT2D eigenvalue weighted by Crippen LogP contribution is -2.31. The molecule has 24 heavy (non-hydrogen) atoms. The van der Waals surface area contributed by atoms with Crippen molar-refractivity contribution in [3.05, 3.63) is 65.9 Å². The fourth-order valence-electron chi connectivity index (χ4n) is 3.94. The monoisotopic (exact) mass is 312 g/mol. The standard InChI is InChI=1S/C22H18NO/c1-13-8-9-15-10-11-23(3)21-19-14(2)17-7-5-4-6-16(17)12-18(19)24-22(13)20(15)21/h4-12H,1-3H3/q+1. The normalized spacial score (nSPS) is 12.3. The zero-order chi connectivity index (χ0) is 16.4. The summed E-state index contributed by atoms with van der Waals surface area (Å²) in [5, 5.41) is 4.95. The predicted molar refractivity (Wildman–Crippen MR) is 97.6 cm³/mol. The highest BCUT2D eigenvalue weighted by molar-refractivity contribution is 6.05. The molecule has 2 heterocycles. The SMILES string of the molecule is Cc1ccc2cc[n+](C)c3c2c1Oc1cc2ccccc2c(C)c1-3. The maximum Gasteiger partial charge on any atom is 0.228 e. The first-order valence-corrected chi connectivity index (χ1v) is 8.27. The van der Waals surface area contributed by atoms with Gasteiger partial charge in [0.25, 0.3) is 0 Å². The minimum absolute atomic E-state index is 0.955. The molecule has 2 heteroatoms. The van der Waals surface area contributed by atoms with Gasteiger partial charge in [0.15, 0.2) is 6.20 Å². The summed E-state index contributed by atoms with van der Waals surface area (Å²) < 4.78 is 8.63. The van der Waals surface area contributed by atoms with Crippen LogP contribution in [-0.2, 0) is 7.05 Å². The number of rotatable bonds is 0. The quantitative estimate of drug-likeness (QED) is 0.358. The summed E-state index contributed by atoms with van der Waals surface area (Å²) in [6, 6.07) is 17.2. The molecule has 0 amide bonds. The van der Waals surface area contributed by atoms with Gasteiger partial charge in [-0.15, -0.1) is 0 Å². The Hall–Kier alpha value is -2.87. The summed E-state index contributed by atoms with van der Waals surface area (Å²) >= 11 is 0. The number of hydrogen-bond donors (Lipinski definition) is 0. The molecule has 0 spiro atoms. The van der Waals surface area contributed by atoms with Gasteiger partial charge in [-0.3, -0.25) is 0 Å². The first kappa shape index (κ1) is 13.6. The van der Waals surface area contributed by atoms with Crippen LogP contribution in [0, 0.1) is 13.8 Å². The third-order valence-electron chi connectivity index (χ3n) is 5.18. The molecule has 1 aliphatic rings. The Labute approximate surface area is 140 Å². The molecule has 0 radical (unpaired) electrons. The van der Waals surface area contributed by atoms with Crippen LogP contribution in [-0.4, -0.2) is 0 Å². The van der Waals surface area contributed by atoms with Crippen LogP contribution in [0.5, 0.6) is 11.5 Å². The molecule has 1 aliphatic heterocycles. The molecule has 0 unspecified atom stereocenters. The lowest BCUT2D eigenvalue weighted by atomic mass is 9.91. The molecule has 0 atom stereocenters. The Bertz CT molecular complexity index is 1150. The van der Waals surface area contributed by atoms with Gasteiger partial charge in [-0.05, 0) is 47.2 Å². The Morgan fingerprint density at radius 1 is 0.917 bits per heavy atom. The van der Waals surface area contributed by atoms with Crippen LogP contribution in [0.3, 0.4) is 0 Å². The number of ether oxygens (including phenoxy) is 1. The molecular weight excluding hydrogens is 294 g/mol. The number of aryl methyl sites for hydroxylation is 3. The van der Waals surface area contributed by atoms with Crippen molar-refractivity contribution in [2.75, 3.05) is 0 Å². The summed E-state index contributed by atoms with van der Waals surface area (Å²) in [6.45, 7) is 4.31. The molecule has 5 rings (SSSR count). The first-order chi connectivity index (χ1) is 11.6. The molecule has 0 aliphatic carbocycles. The van der Waals surface area contributed by atoms with E-state index in [1.165, 1.54) is 43.9 Å². The fourth-order valence-corrected chi connectivity index (χ4v) is 3.94. The summed E-state index contributed by atoms with van der Waals surface area (Å²) in [6.07, 6.45) is 2.14. The number of benzene rings is 3. The van der Waals surface area contributed by atoms with Crippen molar-refractivity contribution in [2.24, 2.45) is 7.05 Å². The van der Waals surface area contributed by atoms with Gasteiger partial charge in [0, 0.05) is 6.07 Å². The smallest absolute Gasteiger partial charge is 0.228 e. The molecule has 1 aromatic heterocycles. The number of nitrogens with zero attached hydrogens (tertiary/aromatic N) is 1. The van der Waals surface area contributed by atoms with Crippen LogP contribution in [0.15, 0.2) is 54.7 Å². The molecule has 0 saturated heterocycles. The molecule has 3 aromatic carbocycles. The Kier molecular flexibility index (Phi) is 2.58. The number of pyridine rings is 1. The minimum atomic E-state index is 0.955. The fraction of sp³-hybridized carbons (Fsp3) is 0.136. The Morgan fingerprint density at radius 3 is 2.62 bits per heavy atom. The van der Waals surface area contributed by atoms with Crippen molar-refractivity contribution in [1.29, 1.82) is 0 Å². The van der Waals surface area contributed by atoms with Crippen molar-refractivity contribution in [3.8, 4) is 22.8 Å². The van der Waals surface area contributed by atoms with Crippen LogP contribution >= 0.6 is 0 Å². The Morgan fingerprint density at radius 2 is 1.75 bits per heavy atom. The van der Waals surface area contributed by atoms with Crippen LogP contribution in [0.25, 0.3) is 32.8 Å². The summed E-state index contributed by atoms with van der Waals surface area (Å²) in [4.78, 5) is 0. The molecular formula is C22H18NO+. The van der Waals surface area contributed by atoms with Gasteiger partial charge in [0.1, 0.15) is 18.5 Å². The third-order valence-corrected chi connectivity index (χ3v) is 5.18. The van der Waals surface area contributed by atoms with Gasteiger partial charge >= 0.3 is 0 Å².